The van der Waals surface area contributed by atoms with Crippen LogP contribution in [0.4, 0.5) is 0 Å². The number of hydrogen-bond donors (Lipinski definition) is 0. The van der Waals surface area contributed by atoms with E-state index in [2.05, 4.69) is 4.74 Å². The van der Waals surface area contributed by atoms with Crippen molar-refractivity contribution in [3.05, 3.63) is 12.2 Å². The molecule has 1 atom stereocenters. The fourth-order valence-electron chi connectivity index (χ4n) is 1.67. The Morgan fingerprint density at radius 1 is 1.50 bits per heavy atom. The zero-order chi connectivity index (χ0) is 10.4. The summed E-state index contributed by atoms with van der Waals surface area (Å²) in [5.74, 6) is 0.188. The highest BCUT2D eigenvalue weighted by Gasteiger charge is 2.15. The number of hydrogen-bond acceptors (Lipinski definition) is 3. The molecule has 0 aromatic heterocycles. The average molecular weight is 196 g/mol. The zero-order valence-electron chi connectivity index (χ0n) is 8.49. The molecule has 1 aliphatic rings. The van der Waals surface area contributed by atoms with Gasteiger partial charge in [-0.3, -0.25) is 4.79 Å². The minimum atomic E-state index is -0.346. The van der Waals surface area contributed by atoms with Crippen LogP contribution in [0, 0.1) is 5.92 Å². The second-order valence-electron chi connectivity index (χ2n) is 3.63. The maximum atomic E-state index is 11.3. The molecule has 0 spiro atoms. The lowest BCUT2D eigenvalue weighted by atomic mass is 9.99. The molecule has 0 aromatic carbocycles. The first-order valence-corrected chi connectivity index (χ1v) is 5.00. The summed E-state index contributed by atoms with van der Waals surface area (Å²) in [4.78, 5) is 22.1. The number of rotatable bonds is 2. The van der Waals surface area contributed by atoms with Crippen molar-refractivity contribution in [1.29, 1.82) is 0 Å². The number of ether oxygens (including phenoxy) is 1. The smallest absolute Gasteiger partial charge is 0.330 e. The van der Waals surface area contributed by atoms with E-state index >= 15 is 0 Å². The Morgan fingerprint density at radius 2 is 2.29 bits per heavy atom. The second kappa shape index (κ2) is 5.58. The number of allylic oxidation sites excluding steroid dienone is 1. The van der Waals surface area contributed by atoms with Crippen molar-refractivity contribution in [2.24, 2.45) is 5.92 Å². The first-order chi connectivity index (χ1) is 6.72. The molecule has 0 bridgehead atoms. The van der Waals surface area contributed by atoms with Gasteiger partial charge >= 0.3 is 5.97 Å². The number of Topliss-reactive ketones (excluding diaryl/α,β-unsaturated/α-hetero) is 1. The van der Waals surface area contributed by atoms with Crippen molar-refractivity contribution in [3.8, 4) is 0 Å². The van der Waals surface area contributed by atoms with Crippen LogP contribution in [0.2, 0.25) is 0 Å². The summed E-state index contributed by atoms with van der Waals surface area (Å²) in [7, 11) is 1.35. The van der Waals surface area contributed by atoms with E-state index in [4.69, 9.17) is 0 Å². The minimum absolute atomic E-state index is 0.226. The van der Waals surface area contributed by atoms with Crippen LogP contribution in [0.25, 0.3) is 0 Å². The third-order valence-corrected chi connectivity index (χ3v) is 2.48. The Bertz CT molecular complexity index is 243. The van der Waals surface area contributed by atoms with E-state index in [1.807, 2.05) is 0 Å². The molecule has 14 heavy (non-hydrogen) atoms. The molecule has 0 aliphatic heterocycles. The van der Waals surface area contributed by atoms with E-state index in [9.17, 15) is 9.59 Å². The van der Waals surface area contributed by atoms with Crippen molar-refractivity contribution < 1.29 is 14.3 Å². The summed E-state index contributed by atoms with van der Waals surface area (Å²) in [6, 6.07) is 0. The third kappa shape index (κ3) is 3.73. The SMILES string of the molecule is COC(=O)/C=C/C1CCCCC(=O)C1. The highest BCUT2D eigenvalue weighted by atomic mass is 16.5. The van der Waals surface area contributed by atoms with E-state index in [1.54, 1.807) is 6.08 Å². The first-order valence-electron chi connectivity index (χ1n) is 5.00. The first kappa shape index (κ1) is 11.0. The largest absolute Gasteiger partial charge is 0.466 e. The number of ketones is 1. The van der Waals surface area contributed by atoms with Gasteiger partial charge in [0.25, 0.3) is 0 Å². The van der Waals surface area contributed by atoms with Crippen LogP contribution in [0.5, 0.6) is 0 Å². The van der Waals surface area contributed by atoms with Gasteiger partial charge in [0.2, 0.25) is 0 Å². The highest BCUT2D eigenvalue weighted by Crippen LogP contribution is 2.21. The van der Waals surface area contributed by atoms with Gasteiger partial charge in [-0.05, 0) is 18.8 Å². The molecule has 78 valence electrons. The van der Waals surface area contributed by atoms with E-state index in [1.165, 1.54) is 13.2 Å². The molecule has 3 heteroatoms. The minimum Gasteiger partial charge on any atom is -0.466 e. The summed E-state index contributed by atoms with van der Waals surface area (Å²) < 4.78 is 4.49. The molecule has 1 fully saturated rings. The topological polar surface area (TPSA) is 43.4 Å². The van der Waals surface area contributed by atoms with Gasteiger partial charge in [-0.1, -0.05) is 12.5 Å². The fraction of sp³-hybridized carbons (Fsp3) is 0.636. The molecule has 0 N–H and O–H groups in total. The normalized spacial score (nSPS) is 23.5. The number of esters is 1. The van der Waals surface area contributed by atoms with Crippen molar-refractivity contribution in [2.75, 3.05) is 7.11 Å². The van der Waals surface area contributed by atoms with Crippen molar-refractivity contribution >= 4 is 11.8 Å². The van der Waals surface area contributed by atoms with Gasteiger partial charge in [-0.15, -0.1) is 0 Å². The van der Waals surface area contributed by atoms with Gasteiger partial charge in [0.1, 0.15) is 5.78 Å². The zero-order valence-corrected chi connectivity index (χ0v) is 8.49. The molecule has 1 aliphatic carbocycles. The van der Waals surface area contributed by atoms with Gasteiger partial charge in [-0.2, -0.15) is 0 Å². The summed E-state index contributed by atoms with van der Waals surface area (Å²) >= 11 is 0. The van der Waals surface area contributed by atoms with Crippen LogP contribution in [0.3, 0.4) is 0 Å². The van der Waals surface area contributed by atoms with Crippen LogP contribution in [-0.4, -0.2) is 18.9 Å². The van der Waals surface area contributed by atoms with Crippen LogP contribution in [0.1, 0.15) is 32.1 Å². The van der Waals surface area contributed by atoms with Crippen molar-refractivity contribution in [2.45, 2.75) is 32.1 Å². The lowest BCUT2D eigenvalue weighted by Gasteiger charge is -2.05. The number of methoxy groups -OCH3 is 1. The van der Waals surface area contributed by atoms with Gasteiger partial charge in [0.15, 0.2) is 0 Å². The van der Waals surface area contributed by atoms with Gasteiger partial charge in [-0.25, -0.2) is 4.79 Å². The maximum absolute atomic E-state index is 11.3. The predicted molar refractivity (Wildman–Crippen MR) is 52.7 cm³/mol. The summed E-state index contributed by atoms with van der Waals surface area (Å²) in [5.41, 5.74) is 0. The van der Waals surface area contributed by atoms with E-state index < -0.39 is 0 Å². The second-order valence-corrected chi connectivity index (χ2v) is 3.63. The molecule has 1 rings (SSSR count). The predicted octanol–water partition coefficient (Wildman–Crippen LogP) is 1.86. The van der Waals surface area contributed by atoms with Crippen LogP contribution >= 0.6 is 0 Å². The van der Waals surface area contributed by atoms with Gasteiger partial charge in [0, 0.05) is 18.9 Å². The molecule has 0 radical (unpaired) electrons. The third-order valence-electron chi connectivity index (χ3n) is 2.48. The Hall–Kier alpha value is -1.12. The molecule has 0 aromatic rings. The Morgan fingerprint density at radius 3 is 3.00 bits per heavy atom. The molecule has 1 unspecified atom stereocenters. The lowest BCUT2D eigenvalue weighted by Crippen LogP contribution is -2.03. The molecule has 0 saturated heterocycles. The lowest BCUT2D eigenvalue weighted by molar-refractivity contribution is -0.134. The summed E-state index contributed by atoms with van der Waals surface area (Å²) in [6.45, 7) is 0. The Labute approximate surface area is 84.1 Å². The Balaban J connectivity index is 2.46. The van der Waals surface area contributed by atoms with E-state index in [-0.39, 0.29) is 11.9 Å². The van der Waals surface area contributed by atoms with Crippen LogP contribution in [-0.2, 0) is 14.3 Å². The molecule has 0 heterocycles. The fourth-order valence-corrected chi connectivity index (χ4v) is 1.67. The van der Waals surface area contributed by atoms with E-state index in [0.717, 1.165) is 19.3 Å². The van der Waals surface area contributed by atoms with Crippen molar-refractivity contribution in [1.82, 2.24) is 0 Å². The van der Waals surface area contributed by atoms with Crippen LogP contribution in [0.15, 0.2) is 12.2 Å². The standard InChI is InChI=1S/C11H16O3/c1-14-11(13)7-6-9-4-2-3-5-10(12)8-9/h6-7,9H,2-5,8H2,1H3/b7-6+. The van der Waals surface area contributed by atoms with Crippen LogP contribution < -0.4 is 0 Å². The Kier molecular flexibility index (Phi) is 4.36. The molecular formula is C11H16O3. The molecule has 0 amide bonds. The molecular weight excluding hydrogens is 180 g/mol. The molecule has 1 saturated carbocycles. The average Bonchev–Trinajstić information content (AvgIpc) is 2.39. The maximum Gasteiger partial charge on any atom is 0.330 e. The number of carbonyl (C=O) groups excluding carboxylic acids is 2. The van der Waals surface area contributed by atoms with Crippen molar-refractivity contribution in [3.63, 3.8) is 0 Å². The van der Waals surface area contributed by atoms with E-state index in [0.29, 0.717) is 18.6 Å². The highest BCUT2D eigenvalue weighted by molar-refractivity contribution is 5.82. The molecule has 3 nitrogen and oxygen atoms in total. The summed E-state index contributed by atoms with van der Waals surface area (Å²) in [5, 5.41) is 0. The quantitative estimate of drug-likeness (QED) is 0.384. The number of carbonyl (C=O) groups is 2. The monoisotopic (exact) mass is 196 g/mol. The summed E-state index contributed by atoms with van der Waals surface area (Å²) in [6.07, 6.45) is 7.55. The van der Waals surface area contributed by atoms with Gasteiger partial charge < -0.3 is 4.74 Å². The van der Waals surface area contributed by atoms with Gasteiger partial charge in [0.05, 0.1) is 7.11 Å².